The van der Waals surface area contributed by atoms with Crippen molar-refractivity contribution in [1.82, 2.24) is 0 Å². The lowest BCUT2D eigenvalue weighted by Gasteiger charge is -2.23. The summed E-state index contributed by atoms with van der Waals surface area (Å²) in [5.74, 6) is 2.46. The third-order valence-electron chi connectivity index (χ3n) is 5.45. The fourth-order valence-electron chi connectivity index (χ4n) is 3.36. The molecule has 1 unspecified atom stereocenters. The molecule has 0 aromatic heterocycles. The summed E-state index contributed by atoms with van der Waals surface area (Å²) in [7, 11) is 0. The molecule has 0 aliphatic carbocycles. The Morgan fingerprint density at radius 1 is 0.606 bits per heavy atom. The second-order valence-electron chi connectivity index (χ2n) is 10.4. The van der Waals surface area contributed by atoms with Crippen LogP contribution in [0.2, 0.25) is 0 Å². The summed E-state index contributed by atoms with van der Waals surface area (Å²) in [4.78, 5) is 0. The Balaban J connectivity index is 1.78. The number of ether oxygens (including phenoxy) is 5. The minimum absolute atomic E-state index is 0.0197. The zero-order chi connectivity index (χ0) is 24.1. The summed E-state index contributed by atoms with van der Waals surface area (Å²) in [6, 6.07) is 11.8. The summed E-state index contributed by atoms with van der Waals surface area (Å²) in [5.41, 5.74) is 2.22. The van der Waals surface area contributed by atoms with Crippen LogP contribution < -0.4 is 18.9 Å². The summed E-state index contributed by atoms with van der Waals surface area (Å²) in [5, 5.41) is 10.5. The number of hydrogen-bond acceptors (Lipinski definition) is 6. The molecule has 3 rings (SSSR count). The fraction of sp³-hybridized carbons (Fsp3) is 0.556. The van der Waals surface area contributed by atoms with Crippen molar-refractivity contribution in [3.63, 3.8) is 0 Å². The molecule has 0 bridgehead atoms. The van der Waals surface area contributed by atoms with E-state index in [4.69, 9.17) is 23.7 Å². The van der Waals surface area contributed by atoms with E-state index in [1.165, 1.54) is 0 Å². The Labute approximate surface area is 197 Å². The molecule has 0 fully saturated rings. The van der Waals surface area contributed by atoms with Crippen LogP contribution in [0.25, 0.3) is 0 Å². The van der Waals surface area contributed by atoms with E-state index < -0.39 is 6.10 Å². The standard InChI is InChI=1S/C27H38O6/c1-26(2,3)19-8-10-23-24(15-19)31-14-12-29-11-13-30-22-9-7-20(27(4,5)6)16-25(22)33-18-21(28)17-32-23/h7-10,15-16,21,28H,11-14,17-18H2,1-6H3. The first kappa shape index (κ1) is 25.2. The molecule has 33 heavy (non-hydrogen) atoms. The lowest BCUT2D eigenvalue weighted by molar-refractivity contribution is 0.0527. The van der Waals surface area contributed by atoms with Gasteiger partial charge in [-0.2, -0.15) is 0 Å². The van der Waals surface area contributed by atoms with Crippen LogP contribution in [0, 0.1) is 0 Å². The first-order chi connectivity index (χ1) is 15.5. The van der Waals surface area contributed by atoms with Crippen molar-refractivity contribution in [3.05, 3.63) is 47.5 Å². The van der Waals surface area contributed by atoms with Gasteiger partial charge >= 0.3 is 0 Å². The van der Waals surface area contributed by atoms with Gasteiger partial charge in [0.05, 0.1) is 13.2 Å². The number of aliphatic hydroxyl groups excluding tert-OH is 1. The average Bonchev–Trinajstić information content (AvgIpc) is 2.74. The van der Waals surface area contributed by atoms with Crippen LogP contribution in [0.3, 0.4) is 0 Å². The number of fused-ring (bicyclic) bond motifs is 2. The van der Waals surface area contributed by atoms with Crippen molar-refractivity contribution >= 4 is 0 Å². The van der Waals surface area contributed by atoms with Gasteiger partial charge in [-0.1, -0.05) is 53.7 Å². The average molecular weight is 459 g/mol. The van der Waals surface area contributed by atoms with Gasteiger partial charge in [0, 0.05) is 0 Å². The van der Waals surface area contributed by atoms with Crippen molar-refractivity contribution in [2.75, 3.05) is 39.6 Å². The Hall–Kier alpha value is -2.44. The maximum Gasteiger partial charge on any atom is 0.161 e. The molecule has 0 radical (unpaired) electrons. The number of rotatable bonds is 0. The SMILES string of the molecule is CC(C)(C)c1ccc2c(c1)OCCOCCOc1ccc(C(C)(C)C)cc1OCC(O)CO2. The van der Waals surface area contributed by atoms with Gasteiger partial charge in [-0.15, -0.1) is 0 Å². The highest BCUT2D eigenvalue weighted by molar-refractivity contribution is 5.46. The molecule has 1 heterocycles. The summed E-state index contributed by atoms with van der Waals surface area (Å²) >= 11 is 0. The second kappa shape index (κ2) is 10.7. The van der Waals surface area contributed by atoms with Gasteiger partial charge in [0.2, 0.25) is 0 Å². The van der Waals surface area contributed by atoms with Crippen molar-refractivity contribution < 1.29 is 28.8 Å². The lowest BCUT2D eigenvalue weighted by Crippen LogP contribution is -2.26. The molecule has 6 heteroatoms. The van der Waals surface area contributed by atoms with Gasteiger partial charge in [-0.3, -0.25) is 0 Å². The molecule has 1 aliphatic heterocycles. The van der Waals surface area contributed by atoms with Crippen LogP contribution >= 0.6 is 0 Å². The van der Waals surface area contributed by atoms with E-state index in [0.29, 0.717) is 49.4 Å². The normalized spacial score (nSPS) is 18.6. The van der Waals surface area contributed by atoms with Crippen LogP contribution in [0.4, 0.5) is 0 Å². The maximum absolute atomic E-state index is 10.5. The van der Waals surface area contributed by atoms with Crippen molar-refractivity contribution in [3.8, 4) is 23.0 Å². The molecule has 1 atom stereocenters. The number of aliphatic hydroxyl groups is 1. The highest BCUT2D eigenvalue weighted by atomic mass is 16.6. The van der Waals surface area contributed by atoms with Crippen LogP contribution in [-0.4, -0.2) is 50.9 Å². The Kier molecular flexibility index (Phi) is 8.14. The molecular formula is C27H38O6. The quantitative estimate of drug-likeness (QED) is 0.607. The van der Waals surface area contributed by atoms with E-state index in [1.54, 1.807) is 0 Å². The molecule has 1 aliphatic rings. The smallest absolute Gasteiger partial charge is 0.161 e. The van der Waals surface area contributed by atoms with E-state index in [2.05, 4.69) is 41.5 Å². The zero-order valence-electron chi connectivity index (χ0n) is 20.8. The molecule has 0 spiro atoms. The van der Waals surface area contributed by atoms with Crippen molar-refractivity contribution in [2.45, 2.75) is 58.5 Å². The highest BCUT2D eigenvalue weighted by Crippen LogP contribution is 2.35. The molecule has 182 valence electrons. The van der Waals surface area contributed by atoms with E-state index in [0.717, 1.165) is 11.1 Å². The Morgan fingerprint density at radius 3 is 1.55 bits per heavy atom. The van der Waals surface area contributed by atoms with Crippen molar-refractivity contribution in [1.29, 1.82) is 0 Å². The summed E-state index contributed by atoms with van der Waals surface area (Å²) in [6.07, 6.45) is -0.817. The molecule has 0 saturated carbocycles. The molecule has 0 saturated heterocycles. The Morgan fingerprint density at radius 2 is 1.03 bits per heavy atom. The monoisotopic (exact) mass is 458 g/mol. The minimum atomic E-state index is -0.817. The van der Waals surface area contributed by atoms with Crippen LogP contribution in [0.5, 0.6) is 23.0 Å². The fourth-order valence-corrected chi connectivity index (χ4v) is 3.36. The first-order valence-electron chi connectivity index (χ1n) is 11.6. The molecule has 2 aromatic rings. The van der Waals surface area contributed by atoms with E-state index >= 15 is 0 Å². The lowest BCUT2D eigenvalue weighted by atomic mass is 9.87. The van der Waals surface area contributed by atoms with Gasteiger partial charge in [0.25, 0.3) is 0 Å². The second-order valence-corrected chi connectivity index (χ2v) is 10.4. The topological polar surface area (TPSA) is 66.4 Å². The van der Waals surface area contributed by atoms with Crippen LogP contribution in [-0.2, 0) is 15.6 Å². The summed E-state index contributed by atoms with van der Waals surface area (Å²) in [6.45, 7) is 14.7. The molecule has 6 nitrogen and oxygen atoms in total. The summed E-state index contributed by atoms with van der Waals surface area (Å²) < 4.78 is 29.4. The first-order valence-corrected chi connectivity index (χ1v) is 11.6. The van der Waals surface area contributed by atoms with Gasteiger partial charge in [0.1, 0.15) is 32.5 Å². The number of hydrogen-bond donors (Lipinski definition) is 1. The van der Waals surface area contributed by atoms with E-state index in [9.17, 15) is 5.11 Å². The highest BCUT2D eigenvalue weighted by Gasteiger charge is 2.20. The zero-order valence-corrected chi connectivity index (χ0v) is 20.8. The van der Waals surface area contributed by atoms with Gasteiger partial charge < -0.3 is 28.8 Å². The molecule has 1 N–H and O–H groups in total. The van der Waals surface area contributed by atoms with Gasteiger partial charge in [-0.25, -0.2) is 0 Å². The van der Waals surface area contributed by atoms with Gasteiger partial charge in [-0.05, 0) is 46.2 Å². The molecular weight excluding hydrogens is 420 g/mol. The van der Waals surface area contributed by atoms with E-state index in [1.807, 2.05) is 36.4 Å². The maximum atomic E-state index is 10.5. The van der Waals surface area contributed by atoms with Crippen LogP contribution in [0.1, 0.15) is 52.7 Å². The predicted molar refractivity (Wildman–Crippen MR) is 129 cm³/mol. The van der Waals surface area contributed by atoms with Crippen LogP contribution in [0.15, 0.2) is 36.4 Å². The molecule has 2 aromatic carbocycles. The third-order valence-corrected chi connectivity index (χ3v) is 5.45. The molecule has 0 amide bonds. The largest absolute Gasteiger partial charge is 0.487 e. The van der Waals surface area contributed by atoms with E-state index in [-0.39, 0.29) is 24.0 Å². The van der Waals surface area contributed by atoms with Gasteiger partial charge in [0.15, 0.2) is 23.0 Å². The minimum Gasteiger partial charge on any atom is -0.487 e. The third kappa shape index (κ3) is 7.27. The van der Waals surface area contributed by atoms with Crippen molar-refractivity contribution in [2.24, 2.45) is 0 Å². The Bertz CT molecular complexity index is 910. The predicted octanol–water partition coefficient (Wildman–Crippen LogP) is 4.89. The number of benzene rings is 2.